The van der Waals surface area contributed by atoms with Crippen molar-refractivity contribution >= 4 is 17.4 Å². The van der Waals surface area contributed by atoms with Crippen LogP contribution in [0.1, 0.15) is 6.92 Å². The van der Waals surface area contributed by atoms with Crippen molar-refractivity contribution in [1.29, 1.82) is 0 Å². The summed E-state index contributed by atoms with van der Waals surface area (Å²) in [4.78, 5) is 10.7. The van der Waals surface area contributed by atoms with Gasteiger partial charge in [-0.1, -0.05) is 18.2 Å². The molecule has 0 aromatic heterocycles. The molecule has 0 fully saturated rings. The van der Waals surface area contributed by atoms with Crippen LogP contribution in [-0.2, 0) is 26.6 Å². The van der Waals surface area contributed by atoms with E-state index in [2.05, 4.69) is 0 Å². The van der Waals surface area contributed by atoms with Gasteiger partial charge < -0.3 is 10.1 Å². The quantitative estimate of drug-likeness (QED) is 0.349. The Kier molecular flexibility index (Phi) is 8.45. The fourth-order valence-electron chi connectivity index (χ4n) is 2.05. The average molecular weight is 377 g/mol. The Morgan fingerprint density at radius 2 is 2.00 bits per heavy atom. The van der Waals surface area contributed by atoms with Crippen LogP contribution in [0.2, 0.25) is 0 Å². The molecule has 3 rings (SSSR count). The molecule has 128 valence electrons. The van der Waals surface area contributed by atoms with Crippen molar-refractivity contribution in [1.82, 2.24) is 0 Å². The smallest absolute Gasteiger partial charge is 0.763 e. The van der Waals surface area contributed by atoms with Crippen LogP contribution in [0.5, 0.6) is 0 Å². The van der Waals surface area contributed by atoms with Crippen molar-refractivity contribution in [2.24, 2.45) is 0 Å². The number of esters is 1. The molecule has 0 saturated carbocycles. The molecule has 0 radical (unpaired) electrons. The number of hydrogen-bond donors (Lipinski definition) is 0. The van der Waals surface area contributed by atoms with Crippen molar-refractivity contribution in [3.8, 4) is 0 Å². The van der Waals surface area contributed by atoms with Crippen LogP contribution in [0, 0.1) is 5.82 Å². The number of halogens is 1. The molecule has 0 amide bonds. The summed E-state index contributed by atoms with van der Waals surface area (Å²) in [6.45, 7) is 1.55. The zero-order chi connectivity index (χ0) is 17.4. The van der Waals surface area contributed by atoms with Gasteiger partial charge in [-0.3, -0.25) is 10.7 Å². The first-order chi connectivity index (χ1) is 11.6. The second-order valence-corrected chi connectivity index (χ2v) is 5.06. The topological polar surface area (TPSA) is 48.6 Å². The minimum Gasteiger partial charge on any atom is -0.763 e. The van der Waals surface area contributed by atoms with E-state index in [1.807, 2.05) is 48.6 Å². The van der Waals surface area contributed by atoms with Gasteiger partial charge in [-0.25, -0.2) is 16.5 Å². The Labute approximate surface area is 156 Å². The van der Waals surface area contributed by atoms with Crippen molar-refractivity contribution in [3.63, 3.8) is 0 Å². The number of carbonyl (C=O) groups excluding carboxylic acids is 1. The molecule has 3 nitrogen and oxygen atoms in total. The summed E-state index contributed by atoms with van der Waals surface area (Å²) in [6.07, 6.45) is 5.46. The fraction of sp³-hybridized carbons (Fsp3) is 0.100. The summed E-state index contributed by atoms with van der Waals surface area (Å²) in [6, 6.07) is 14.5. The van der Waals surface area contributed by atoms with Gasteiger partial charge >= 0.3 is 23.0 Å². The van der Waals surface area contributed by atoms with Crippen LogP contribution in [0.3, 0.4) is 0 Å². The molecule has 1 aliphatic carbocycles. The molecule has 0 aliphatic heterocycles. The first-order valence-electron chi connectivity index (χ1n) is 7.36. The average Bonchev–Trinajstić information content (AvgIpc) is 3.27. The van der Waals surface area contributed by atoms with Crippen LogP contribution >= 0.6 is 0 Å². The van der Waals surface area contributed by atoms with E-state index in [0.717, 1.165) is 11.1 Å². The number of nitrogens with zero attached hydrogens (tertiary/aromatic N) is 1. The predicted molar refractivity (Wildman–Crippen MR) is 92.4 cm³/mol. The summed E-state index contributed by atoms with van der Waals surface area (Å²) in [5.74, 6) is 0.900. The monoisotopic (exact) mass is 377 g/mol. The summed E-state index contributed by atoms with van der Waals surface area (Å²) in [5.41, 5.74) is 1.67. The molecule has 1 aliphatic rings. The van der Waals surface area contributed by atoms with Crippen LogP contribution in [0.4, 0.5) is 4.39 Å². The van der Waals surface area contributed by atoms with Gasteiger partial charge in [0, 0.05) is 12.1 Å². The Balaban J connectivity index is 0.000000448. The number of rotatable bonds is 2. The Hall–Kier alpha value is -2.58. The van der Waals surface area contributed by atoms with Gasteiger partial charge in [0.2, 0.25) is 0 Å². The van der Waals surface area contributed by atoms with Gasteiger partial charge in [-0.05, 0) is 34.6 Å². The summed E-state index contributed by atoms with van der Waals surface area (Å²) in [7, 11) is 0. The third-order valence-electron chi connectivity index (χ3n) is 3.24. The maximum absolute atomic E-state index is 13.5. The molecule has 0 spiro atoms. The third kappa shape index (κ3) is 6.44. The zero-order valence-electron chi connectivity index (χ0n) is 13.6. The Morgan fingerprint density at radius 1 is 1.28 bits per heavy atom. The molecule has 0 unspecified atom stereocenters. The summed E-state index contributed by atoms with van der Waals surface area (Å²) >= 11 is 0. The molecular weight excluding hydrogens is 361 g/mol. The van der Waals surface area contributed by atoms with Gasteiger partial charge in [-0.15, -0.1) is 0 Å². The number of ether oxygens (including phenoxy) is 1. The SMILES string of the molecule is CC(=O)OCC1=C/C(=c2/ccc(=C=[N-])c(F)c2)C=C1.[Fe+2].c1cc[cH-]c1. The zero-order valence-corrected chi connectivity index (χ0v) is 14.7. The first kappa shape index (κ1) is 20.5. The number of benzene rings is 1. The first-order valence-corrected chi connectivity index (χ1v) is 7.36. The summed E-state index contributed by atoms with van der Waals surface area (Å²) < 4.78 is 18.4. The van der Waals surface area contributed by atoms with Crippen molar-refractivity contribution < 1.29 is 31.0 Å². The largest absolute Gasteiger partial charge is 2.00 e. The van der Waals surface area contributed by atoms with Crippen LogP contribution in [-0.4, -0.2) is 18.4 Å². The number of hydrogen-bond acceptors (Lipinski definition) is 2. The maximum atomic E-state index is 13.5. The van der Waals surface area contributed by atoms with E-state index >= 15 is 0 Å². The Morgan fingerprint density at radius 3 is 2.52 bits per heavy atom. The third-order valence-corrected chi connectivity index (χ3v) is 3.24. The number of carbonyl (C=O) groups is 1. The van der Waals surface area contributed by atoms with Crippen molar-refractivity contribution in [2.75, 3.05) is 6.61 Å². The van der Waals surface area contributed by atoms with E-state index in [9.17, 15) is 9.18 Å². The van der Waals surface area contributed by atoms with E-state index in [1.165, 1.54) is 19.1 Å². The molecule has 2 aromatic carbocycles. The minimum absolute atomic E-state index is 0. The fourth-order valence-corrected chi connectivity index (χ4v) is 2.05. The Bertz CT molecular complexity index is 890. The van der Waals surface area contributed by atoms with Crippen molar-refractivity contribution in [3.05, 3.63) is 94.0 Å². The van der Waals surface area contributed by atoms with E-state index in [1.54, 1.807) is 11.9 Å². The molecule has 0 heterocycles. The predicted octanol–water partition coefficient (Wildman–Crippen LogP) is 2.35. The maximum Gasteiger partial charge on any atom is 2.00 e. The van der Waals surface area contributed by atoms with Gasteiger partial charge in [0.15, 0.2) is 0 Å². The standard InChI is InChI=1S/C15H11FNO2.C5H5.Fe/c1-10(18)19-9-11-2-3-12(6-11)13-4-5-14(8-17)15(16)7-13;1-2-4-5-3-1;/h2-7H,9H2,1H3;1-5H;/q2*-1;+2/b13-12-;;. The van der Waals surface area contributed by atoms with Gasteiger partial charge in [0.25, 0.3) is 0 Å². The molecule has 25 heavy (non-hydrogen) atoms. The second-order valence-electron chi connectivity index (χ2n) is 5.06. The molecular formula is C20H16FFeNO2. The second kappa shape index (κ2) is 10.3. The molecule has 0 atom stereocenters. The van der Waals surface area contributed by atoms with Gasteiger partial charge in [-0.2, -0.15) is 18.2 Å². The van der Waals surface area contributed by atoms with Gasteiger partial charge in [0.1, 0.15) is 12.4 Å². The van der Waals surface area contributed by atoms with E-state index in [0.29, 0.717) is 5.22 Å². The molecule has 0 bridgehead atoms. The van der Waals surface area contributed by atoms with Crippen molar-refractivity contribution in [2.45, 2.75) is 6.92 Å². The molecule has 0 N–H and O–H groups in total. The van der Waals surface area contributed by atoms with Gasteiger partial charge in [0.05, 0.1) is 0 Å². The van der Waals surface area contributed by atoms with E-state index in [4.69, 9.17) is 10.1 Å². The molecule has 0 saturated heterocycles. The van der Waals surface area contributed by atoms with Crippen LogP contribution in [0.25, 0.3) is 11.0 Å². The molecule has 5 heteroatoms. The van der Waals surface area contributed by atoms with Crippen LogP contribution in [0.15, 0.2) is 72.3 Å². The van der Waals surface area contributed by atoms with E-state index < -0.39 is 5.82 Å². The van der Waals surface area contributed by atoms with E-state index in [-0.39, 0.29) is 34.9 Å². The normalized spacial score (nSPS) is 13.8. The molecule has 2 aromatic rings. The number of allylic oxidation sites excluding steroid dienone is 2. The summed E-state index contributed by atoms with van der Waals surface area (Å²) in [5, 5.41) is 9.38. The minimum atomic E-state index is -0.539. The van der Waals surface area contributed by atoms with Crippen LogP contribution < -0.4 is 10.4 Å².